The molecule has 2 rings (SSSR count). The lowest BCUT2D eigenvalue weighted by atomic mass is 9.88. The Kier molecular flexibility index (Phi) is 8.00. The van der Waals surface area contributed by atoms with Gasteiger partial charge < -0.3 is 20.5 Å². The molecule has 1 aliphatic carbocycles. The number of benzene rings is 1. The molecule has 0 saturated carbocycles. The summed E-state index contributed by atoms with van der Waals surface area (Å²) in [5, 5.41) is 2.88. The summed E-state index contributed by atoms with van der Waals surface area (Å²) in [6.07, 6.45) is 4.20. The molecule has 1 aromatic carbocycles. The molecule has 0 bridgehead atoms. The van der Waals surface area contributed by atoms with E-state index in [-0.39, 0.29) is 18.1 Å². The van der Waals surface area contributed by atoms with Crippen LogP contribution >= 0.6 is 0 Å². The Morgan fingerprint density at radius 1 is 1.30 bits per heavy atom. The number of carbonyl (C=O) groups is 2. The van der Waals surface area contributed by atoms with Gasteiger partial charge in [0.15, 0.2) is 0 Å². The minimum absolute atomic E-state index is 0.00749. The zero-order chi connectivity index (χ0) is 19.8. The second kappa shape index (κ2) is 10.2. The van der Waals surface area contributed by atoms with Gasteiger partial charge in [0.2, 0.25) is 5.91 Å². The van der Waals surface area contributed by atoms with Crippen molar-refractivity contribution in [3.05, 3.63) is 47.5 Å². The van der Waals surface area contributed by atoms with Gasteiger partial charge in [-0.1, -0.05) is 37.3 Å². The van der Waals surface area contributed by atoms with Gasteiger partial charge in [-0.2, -0.15) is 0 Å². The van der Waals surface area contributed by atoms with Crippen molar-refractivity contribution >= 4 is 11.9 Å². The summed E-state index contributed by atoms with van der Waals surface area (Å²) < 4.78 is 11.1. The third-order valence-electron chi connectivity index (χ3n) is 4.86. The summed E-state index contributed by atoms with van der Waals surface area (Å²) in [6, 6.07) is 9.45. The van der Waals surface area contributed by atoms with Crippen molar-refractivity contribution < 1.29 is 19.1 Å². The maximum Gasteiger partial charge on any atom is 0.333 e. The van der Waals surface area contributed by atoms with Crippen LogP contribution in [0.5, 0.6) is 0 Å². The number of methoxy groups -OCH3 is 1. The highest BCUT2D eigenvalue weighted by molar-refractivity contribution is 5.89. The van der Waals surface area contributed by atoms with Crippen molar-refractivity contribution in [2.24, 2.45) is 5.73 Å². The number of aryl methyl sites for hydroxylation is 1. The minimum atomic E-state index is -0.465. The Labute approximate surface area is 161 Å². The van der Waals surface area contributed by atoms with Crippen molar-refractivity contribution in [2.45, 2.75) is 63.8 Å². The van der Waals surface area contributed by atoms with E-state index in [1.54, 1.807) is 6.08 Å². The highest BCUT2D eigenvalue weighted by atomic mass is 16.5. The van der Waals surface area contributed by atoms with Gasteiger partial charge in [0, 0.05) is 18.5 Å². The van der Waals surface area contributed by atoms with Crippen LogP contribution in [-0.2, 0) is 25.5 Å². The number of esters is 1. The number of ether oxygens (including phenoxy) is 2. The van der Waals surface area contributed by atoms with Gasteiger partial charge in [-0.3, -0.25) is 4.79 Å². The Balaban J connectivity index is 2.12. The number of amides is 1. The van der Waals surface area contributed by atoms with E-state index in [4.69, 9.17) is 15.2 Å². The predicted molar refractivity (Wildman–Crippen MR) is 104 cm³/mol. The van der Waals surface area contributed by atoms with Crippen LogP contribution in [0.25, 0.3) is 0 Å². The van der Waals surface area contributed by atoms with Gasteiger partial charge in [0.05, 0.1) is 25.4 Å². The van der Waals surface area contributed by atoms with Crippen molar-refractivity contribution in [3.8, 4) is 0 Å². The fourth-order valence-corrected chi connectivity index (χ4v) is 3.39. The Bertz CT molecular complexity index is 659. The first-order valence-corrected chi connectivity index (χ1v) is 9.45. The minimum Gasteiger partial charge on any atom is -0.466 e. The van der Waals surface area contributed by atoms with E-state index in [2.05, 4.69) is 24.4 Å². The Morgan fingerprint density at radius 3 is 2.59 bits per heavy atom. The van der Waals surface area contributed by atoms with E-state index >= 15 is 0 Å². The molecule has 6 heteroatoms. The molecule has 0 fully saturated rings. The molecule has 0 heterocycles. The van der Waals surface area contributed by atoms with Crippen molar-refractivity contribution in [2.75, 3.05) is 7.11 Å². The molecule has 148 valence electrons. The van der Waals surface area contributed by atoms with E-state index in [0.717, 1.165) is 19.3 Å². The number of nitrogens with one attached hydrogen (secondary N) is 1. The molecule has 27 heavy (non-hydrogen) atoms. The summed E-state index contributed by atoms with van der Waals surface area (Å²) in [4.78, 5) is 23.6. The van der Waals surface area contributed by atoms with Crippen LogP contribution in [0.15, 0.2) is 42.0 Å². The van der Waals surface area contributed by atoms with E-state index < -0.39 is 18.1 Å². The molecule has 1 aliphatic rings. The summed E-state index contributed by atoms with van der Waals surface area (Å²) >= 11 is 0. The summed E-state index contributed by atoms with van der Waals surface area (Å²) in [7, 11) is 1.35. The van der Waals surface area contributed by atoms with Crippen molar-refractivity contribution in [3.63, 3.8) is 0 Å². The Hall–Kier alpha value is -2.18. The molecule has 6 nitrogen and oxygen atoms in total. The van der Waals surface area contributed by atoms with Crippen LogP contribution in [0, 0.1) is 0 Å². The normalized spacial score (nSPS) is 23.3. The second-order valence-corrected chi connectivity index (χ2v) is 6.93. The topological polar surface area (TPSA) is 90.7 Å². The maximum absolute atomic E-state index is 12.0. The van der Waals surface area contributed by atoms with Gasteiger partial charge >= 0.3 is 5.97 Å². The lowest BCUT2D eigenvalue weighted by molar-refractivity contribution is -0.136. The van der Waals surface area contributed by atoms with Crippen LogP contribution in [-0.4, -0.2) is 43.3 Å². The third kappa shape index (κ3) is 6.19. The molecular formula is C21H30N2O4. The molecular weight excluding hydrogens is 344 g/mol. The van der Waals surface area contributed by atoms with E-state index in [9.17, 15) is 9.59 Å². The molecule has 3 N–H and O–H groups in total. The number of nitrogens with two attached hydrogens (primary N) is 1. The number of rotatable bonds is 8. The SMILES string of the molecule is CCC(CCc1ccccc1)O[C@@H]1C=C(C(=O)OC)C[C@H](N)[C@H]1NC(C)=O. The first-order valence-electron chi connectivity index (χ1n) is 9.45. The lowest BCUT2D eigenvalue weighted by Gasteiger charge is -2.36. The van der Waals surface area contributed by atoms with Gasteiger partial charge in [-0.25, -0.2) is 4.79 Å². The van der Waals surface area contributed by atoms with Gasteiger partial charge in [0.25, 0.3) is 0 Å². The smallest absolute Gasteiger partial charge is 0.333 e. The predicted octanol–water partition coefficient (Wildman–Crippen LogP) is 2.12. The lowest BCUT2D eigenvalue weighted by Crippen LogP contribution is -2.57. The van der Waals surface area contributed by atoms with Gasteiger partial charge in [-0.15, -0.1) is 0 Å². The van der Waals surface area contributed by atoms with Crippen molar-refractivity contribution in [1.29, 1.82) is 0 Å². The van der Waals surface area contributed by atoms with Crippen LogP contribution in [0.1, 0.15) is 38.7 Å². The quantitative estimate of drug-likeness (QED) is 0.680. The zero-order valence-corrected chi connectivity index (χ0v) is 16.3. The van der Waals surface area contributed by atoms with Crippen molar-refractivity contribution in [1.82, 2.24) is 5.32 Å². The first kappa shape index (κ1) is 21.1. The largest absolute Gasteiger partial charge is 0.466 e. The van der Waals surface area contributed by atoms with E-state index in [1.807, 2.05) is 18.2 Å². The zero-order valence-electron chi connectivity index (χ0n) is 16.3. The molecule has 1 aromatic rings. The molecule has 1 amide bonds. The van der Waals surface area contributed by atoms with Crippen LogP contribution in [0.4, 0.5) is 0 Å². The first-order chi connectivity index (χ1) is 12.9. The highest BCUT2D eigenvalue weighted by Crippen LogP contribution is 2.24. The van der Waals surface area contributed by atoms with E-state index in [1.165, 1.54) is 19.6 Å². The van der Waals surface area contributed by atoms with E-state index in [0.29, 0.717) is 12.0 Å². The average Bonchev–Trinajstić information content (AvgIpc) is 2.67. The maximum atomic E-state index is 12.0. The van der Waals surface area contributed by atoms with Gasteiger partial charge in [0.1, 0.15) is 0 Å². The molecule has 0 spiro atoms. The number of hydrogen-bond acceptors (Lipinski definition) is 5. The van der Waals surface area contributed by atoms with Crippen LogP contribution in [0.3, 0.4) is 0 Å². The molecule has 1 unspecified atom stereocenters. The summed E-state index contributed by atoms with van der Waals surface area (Å²) in [6.45, 7) is 3.52. The average molecular weight is 374 g/mol. The molecule has 0 saturated heterocycles. The molecule has 0 radical (unpaired) electrons. The van der Waals surface area contributed by atoms with Gasteiger partial charge in [-0.05, 0) is 37.3 Å². The monoisotopic (exact) mass is 374 g/mol. The summed E-state index contributed by atoms with van der Waals surface area (Å²) in [5.74, 6) is -0.575. The fraction of sp³-hybridized carbons (Fsp3) is 0.524. The second-order valence-electron chi connectivity index (χ2n) is 6.93. The Morgan fingerprint density at radius 2 is 2.00 bits per heavy atom. The fourth-order valence-electron chi connectivity index (χ4n) is 3.39. The third-order valence-corrected chi connectivity index (χ3v) is 4.86. The molecule has 0 aliphatic heterocycles. The molecule has 4 atom stereocenters. The van der Waals surface area contributed by atoms with Crippen LogP contribution < -0.4 is 11.1 Å². The summed E-state index contributed by atoms with van der Waals surface area (Å²) in [5.41, 5.74) is 7.99. The highest BCUT2D eigenvalue weighted by Gasteiger charge is 2.35. The standard InChI is InChI=1S/C21H30N2O4/c1-4-17(11-10-15-8-6-5-7-9-15)27-19-13-16(21(25)26-3)12-18(22)20(19)23-14(2)24/h5-9,13,17-20H,4,10-12,22H2,1-3H3,(H,23,24)/t17?,18-,19+,20+/m0/s1. The molecule has 0 aromatic heterocycles. The number of carbonyl (C=O) groups excluding carboxylic acids is 2. The number of hydrogen-bond donors (Lipinski definition) is 2. The van der Waals surface area contributed by atoms with Crippen LogP contribution in [0.2, 0.25) is 0 Å².